The maximum atomic E-state index is 12.7. The first-order valence-corrected chi connectivity index (χ1v) is 8.16. The second-order valence-corrected chi connectivity index (χ2v) is 6.41. The fourth-order valence-corrected chi connectivity index (χ4v) is 2.46. The number of methoxy groups -OCH3 is 1. The lowest BCUT2D eigenvalue weighted by Gasteiger charge is -2.24. The van der Waals surface area contributed by atoms with Crippen molar-refractivity contribution in [3.8, 4) is 5.75 Å². The summed E-state index contributed by atoms with van der Waals surface area (Å²) in [7, 11) is 1.55. The zero-order chi connectivity index (χ0) is 20.1. The lowest BCUT2D eigenvalue weighted by Crippen LogP contribution is -2.43. The van der Waals surface area contributed by atoms with Gasteiger partial charge in [0.05, 0.1) is 18.3 Å². The van der Waals surface area contributed by atoms with Crippen molar-refractivity contribution in [2.75, 3.05) is 19.0 Å². The molecule has 146 valence electrons. The van der Waals surface area contributed by atoms with Crippen LogP contribution in [-0.2, 0) is 12.6 Å². The molecule has 0 radical (unpaired) electrons. The number of hydrogen-bond acceptors (Lipinski definition) is 3. The lowest BCUT2D eigenvalue weighted by molar-refractivity contribution is -0.137. The molecular formula is C19H21F3N2O3. The number of urea groups is 1. The van der Waals surface area contributed by atoms with Crippen molar-refractivity contribution in [1.82, 2.24) is 5.32 Å². The van der Waals surface area contributed by atoms with Gasteiger partial charge in [0.25, 0.3) is 0 Å². The van der Waals surface area contributed by atoms with E-state index in [0.29, 0.717) is 5.75 Å². The Morgan fingerprint density at radius 1 is 1.15 bits per heavy atom. The summed E-state index contributed by atoms with van der Waals surface area (Å²) in [6, 6.07) is 10.7. The number of hydrogen-bond donors (Lipinski definition) is 3. The minimum atomic E-state index is -4.49. The topological polar surface area (TPSA) is 70.6 Å². The molecule has 2 aromatic carbocycles. The largest absolute Gasteiger partial charge is 0.497 e. The average molecular weight is 382 g/mol. The summed E-state index contributed by atoms with van der Waals surface area (Å²) in [5.41, 5.74) is -1.23. The van der Waals surface area contributed by atoms with Crippen LogP contribution in [0.3, 0.4) is 0 Å². The number of rotatable bonds is 6. The maximum Gasteiger partial charge on any atom is 0.416 e. The van der Waals surface area contributed by atoms with Gasteiger partial charge in [0.15, 0.2) is 0 Å². The van der Waals surface area contributed by atoms with Gasteiger partial charge < -0.3 is 20.5 Å². The van der Waals surface area contributed by atoms with Crippen molar-refractivity contribution in [2.45, 2.75) is 25.1 Å². The van der Waals surface area contributed by atoms with Crippen molar-refractivity contribution in [1.29, 1.82) is 0 Å². The van der Waals surface area contributed by atoms with E-state index in [1.807, 2.05) is 0 Å². The molecule has 0 saturated heterocycles. The van der Waals surface area contributed by atoms with Crippen LogP contribution in [0.5, 0.6) is 5.75 Å². The van der Waals surface area contributed by atoms with Gasteiger partial charge in [-0.05, 0) is 42.8 Å². The van der Waals surface area contributed by atoms with Gasteiger partial charge in [-0.1, -0.05) is 18.2 Å². The number of benzene rings is 2. The molecule has 0 spiro atoms. The maximum absolute atomic E-state index is 12.7. The third kappa shape index (κ3) is 6.49. The molecule has 1 unspecified atom stereocenters. The van der Waals surface area contributed by atoms with E-state index >= 15 is 0 Å². The first-order chi connectivity index (χ1) is 12.6. The molecule has 0 aliphatic carbocycles. The normalized spacial score (nSPS) is 13.6. The highest BCUT2D eigenvalue weighted by Crippen LogP contribution is 2.30. The van der Waals surface area contributed by atoms with Crippen LogP contribution in [-0.4, -0.2) is 30.4 Å². The molecule has 0 saturated carbocycles. The molecule has 0 aliphatic rings. The van der Waals surface area contributed by atoms with E-state index in [1.54, 1.807) is 38.3 Å². The monoisotopic (exact) mass is 382 g/mol. The van der Waals surface area contributed by atoms with Crippen LogP contribution < -0.4 is 15.4 Å². The van der Waals surface area contributed by atoms with E-state index in [0.717, 1.165) is 17.7 Å². The van der Waals surface area contributed by atoms with Crippen LogP contribution in [0.2, 0.25) is 0 Å². The number of carbonyl (C=O) groups excluding carboxylic acids is 1. The third-order valence-electron chi connectivity index (χ3n) is 3.82. The number of halogens is 3. The number of nitrogens with one attached hydrogen (secondary N) is 2. The molecule has 0 heterocycles. The first kappa shape index (κ1) is 20.6. The summed E-state index contributed by atoms with van der Waals surface area (Å²) in [5, 5.41) is 15.2. The van der Waals surface area contributed by atoms with Crippen LogP contribution in [0.1, 0.15) is 18.1 Å². The predicted molar refractivity (Wildman–Crippen MR) is 95.8 cm³/mol. The Bertz CT molecular complexity index is 775. The quantitative estimate of drug-likeness (QED) is 0.711. The molecule has 0 aliphatic heterocycles. The Morgan fingerprint density at radius 3 is 2.41 bits per heavy atom. The highest BCUT2D eigenvalue weighted by Gasteiger charge is 2.30. The van der Waals surface area contributed by atoms with Crippen molar-refractivity contribution >= 4 is 11.7 Å². The van der Waals surface area contributed by atoms with E-state index in [1.165, 1.54) is 12.1 Å². The number of anilines is 1. The van der Waals surface area contributed by atoms with Gasteiger partial charge in [-0.2, -0.15) is 13.2 Å². The zero-order valence-corrected chi connectivity index (χ0v) is 14.9. The Kier molecular flexibility index (Phi) is 6.32. The van der Waals surface area contributed by atoms with E-state index in [-0.39, 0.29) is 18.7 Å². The van der Waals surface area contributed by atoms with Crippen molar-refractivity contribution in [2.24, 2.45) is 0 Å². The Labute approximate surface area is 155 Å². The average Bonchev–Trinajstić information content (AvgIpc) is 2.60. The molecule has 5 nitrogen and oxygen atoms in total. The second-order valence-electron chi connectivity index (χ2n) is 6.41. The van der Waals surface area contributed by atoms with Crippen LogP contribution in [0.25, 0.3) is 0 Å². The minimum Gasteiger partial charge on any atom is -0.497 e. The number of aliphatic hydroxyl groups is 1. The van der Waals surface area contributed by atoms with Gasteiger partial charge >= 0.3 is 12.2 Å². The molecule has 27 heavy (non-hydrogen) atoms. The minimum absolute atomic E-state index is 0.0112. The lowest BCUT2D eigenvalue weighted by atomic mass is 9.96. The van der Waals surface area contributed by atoms with Crippen molar-refractivity contribution < 1.29 is 27.8 Å². The fourth-order valence-electron chi connectivity index (χ4n) is 2.46. The Balaban J connectivity index is 1.90. The molecule has 3 N–H and O–H groups in total. The third-order valence-corrected chi connectivity index (χ3v) is 3.82. The summed E-state index contributed by atoms with van der Waals surface area (Å²) in [6.07, 6.45) is -4.21. The van der Waals surface area contributed by atoms with Gasteiger partial charge in [-0.15, -0.1) is 0 Å². The zero-order valence-electron chi connectivity index (χ0n) is 14.9. The molecule has 0 fully saturated rings. The van der Waals surface area contributed by atoms with E-state index < -0.39 is 23.4 Å². The van der Waals surface area contributed by atoms with Crippen molar-refractivity contribution in [3.05, 3.63) is 59.7 Å². The summed E-state index contributed by atoms with van der Waals surface area (Å²) < 4.78 is 43.2. The van der Waals surface area contributed by atoms with Crippen LogP contribution in [0.15, 0.2) is 48.5 Å². The summed E-state index contributed by atoms with van der Waals surface area (Å²) in [6.45, 7) is 1.48. The van der Waals surface area contributed by atoms with Crippen LogP contribution in [0, 0.1) is 0 Å². The van der Waals surface area contributed by atoms with Gasteiger partial charge in [-0.25, -0.2) is 4.79 Å². The highest BCUT2D eigenvalue weighted by molar-refractivity contribution is 5.89. The molecule has 2 amide bonds. The van der Waals surface area contributed by atoms with Crippen molar-refractivity contribution in [3.63, 3.8) is 0 Å². The second kappa shape index (κ2) is 8.30. The number of amides is 2. The molecule has 2 rings (SSSR count). The fraction of sp³-hybridized carbons (Fsp3) is 0.316. The molecule has 1 atom stereocenters. The first-order valence-electron chi connectivity index (χ1n) is 8.16. The van der Waals surface area contributed by atoms with Crippen LogP contribution in [0.4, 0.5) is 23.7 Å². The predicted octanol–water partition coefficient (Wildman–Crippen LogP) is 3.83. The van der Waals surface area contributed by atoms with Crippen LogP contribution >= 0.6 is 0 Å². The van der Waals surface area contributed by atoms with Gasteiger partial charge in [0.1, 0.15) is 5.75 Å². The smallest absolute Gasteiger partial charge is 0.416 e. The Morgan fingerprint density at radius 2 is 1.81 bits per heavy atom. The van der Waals surface area contributed by atoms with Gasteiger partial charge in [0.2, 0.25) is 0 Å². The van der Waals surface area contributed by atoms with E-state index in [9.17, 15) is 23.1 Å². The SMILES string of the molecule is COc1ccc(CC(C)(O)CNC(=O)Nc2cccc(C(F)(F)F)c2)cc1. The summed E-state index contributed by atoms with van der Waals surface area (Å²) in [5.74, 6) is 0.692. The number of ether oxygens (including phenoxy) is 1. The van der Waals surface area contributed by atoms with Gasteiger partial charge in [-0.3, -0.25) is 0 Å². The summed E-state index contributed by atoms with van der Waals surface area (Å²) in [4.78, 5) is 11.9. The summed E-state index contributed by atoms with van der Waals surface area (Å²) >= 11 is 0. The number of carbonyl (C=O) groups is 1. The standard InChI is InChI=1S/C19H21F3N2O3/c1-18(26,11-13-6-8-16(27-2)9-7-13)12-23-17(25)24-15-5-3-4-14(10-15)19(20,21)22/h3-10,26H,11-12H2,1-2H3,(H2,23,24,25). The molecule has 2 aromatic rings. The molecule has 0 bridgehead atoms. The van der Waals surface area contributed by atoms with Gasteiger partial charge in [0, 0.05) is 18.7 Å². The Hall–Kier alpha value is -2.74. The molecule has 8 heteroatoms. The highest BCUT2D eigenvalue weighted by atomic mass is 19.4. The number of alkyl halides is 3. The van der Waals surface area contributed by atoms with E-state index in [2.05, 4.69) is 10.6 Å². The van der Waals surface area contributed by atoms with E-state index in [4.69, 9.17) is 4.74 Å². The molecule has 0 aromatic heterocycles. The molecular weight excluding hydrogens is 361 g/mol.